The van der Waals surface area contributed by atoms with Gasteiger partial charge in [-0.25, -0.2) is 9.78 Å². The minimum absolute atomic E-state index is 0.0181. The second kappa shape index (κ2) is 35.0. The number of esters is 2. The molecule has 8 N–H and O–H groups in total. The number of anilines is 2. The predicted molar refractivity (Wildman–Crippen MR) is 434 cm³/mol. The average Bonchev–Trinajstić information content (AvgIpc) is 1.63. The molecule has 1 unspecified atom stereocenters. The van der Waals surface area contributed by atoms with E-state index in [9.17, 15) is 77.8 Å². The maximum absolute atomic E-state index is 15.5. The highest BCUT2D eigenvalue weighted by Gasteiger charge is 2.48. The fourth-order valence-electron chi connectivity index (χ4n) is 17.1. The van der Waals surface area contributed by atoms with Gasteiger partial charge in [0, 0.05) is 116 Å². The molecule has 0 spiro atoms. The van der Waals surface area contributed by atoms with Gasteiger partial charge in [-0.15, -0.1) is 0 Å². The summed E-state index contributed by atoms with van der Waals surface area (Å²) in [5.74, 6) is -13.6. The zero-order valence-electron chi connectivity index (χ0n) is 68.7. The zero-order valence-corrected chi connectivity index (χ0v) is 68.7. The van der Waals surface area contributed by atoms with Crippen molar-refractivity contribution in [3.05, 3.63) is 143 Å². The summed E-state index contributed by atoms with van der Waals surface area (Å²) >= 11 is 0. The smallest absolute Gasteiger partial charge is 0.387 e. The van der Waals surface area contributed by atoms with Gasteiger partial charge >= 0.3 is 36.3 Å². The number of unbranched alkanes of at least 4 members (excludes halogenated alkanes) is 5. The van der Waals surface area contributed by atoms with Gasteiger partial charge in [-0.05, 0) is 115 Å². The Labute approximate surface area is 687 Å². The number of amides is 2. The number of alkyl halides is 2. The van der Waals surface area contributed by atoms with E-state index in [1.54, 1.807) is 36.3 Å². The lowest BCUT2D eigenvalue weighted by molar-refractivity contribution is -0.246. The standard InChI is InChI=1S/C88H101F2N5O25/c1-40-20-19-21-54(46(7)115-85(110)87(10,11)36-63(99)100)73(102)42(3)72(101)43(4)77(116-48(9)96)41(2)59(117-64-35-61-79(47(8)114-64)112-39-111-61)29-31-113-88(12)82(106)67-65-66(74(103)44(5)78(67)120-88)76(105)70(93-83(40)107)81-69(65)92-68-58(97)33-51(34-60(68)118-81)91-30-18-16-14-13-15-17-22-62(98)94-37-50-32-49(23-26-53(50)45(94)6)55-27-28-56-71(80(55)119-86(89)90)95(52-24-25-52)38-57(75(56)104)84(108)109/h19-21,23,26-29,31-34,38,41-43,45-47,52,54,59,61,64,72-73,77,79,86,91,101-103,106H,13-18,22,24-25,30,35-37,39H2,1-12H3,(H,93,107)(H,99,100)(H,108,109)/b21-19+,31-29+,40-20-/t41-,42+,43-,45-,46?,47-,54-,59+,61+,64+,72-,73-,77-,79-,88+/m1/s1. The Morgan fingerprint density at radius 3 is 2.28 bits per heavy atom. The molecule has 32 heteroatoms. The Bertz CT molecular complexity index is 5580. The van der Waals surface area contributed by atoms with Crippen LogP contribution in [0.15, 0.2) is 104 Å². The number of benzene rings is 5. The normalized spacial score (nSPS) is 26.6. The maximum atomic E-state index is 15.5. The van der Waals surface area contributed by atoms with E-state index in [1.807, 2.05) is 19.1 Å². The number of carbonyl (C=O) groups excluding carboxylic acids is 4. The monoisotopic (exact) mass is 1670 g/mol. The third-order valence-corrected chi connectivity index (χ3v) is 24.1. The number of halogens is 2. The van der Waals surface area contributed by atoms with E-state index in [1.165, 1.54) is 110 Å². The van der Waals surface area contributed by atoms with E-state index in [4.69, 9.17) is 52.0 Å². The molecular formula is C88H101F2N5O25. The summed E-state index contributed by atoms with van der Waals surface area (Å²) in [6.45, 7) is 15.5. The highest BCUT2D eigenvalue weighted by molar-refractivity contribution is 6.17. The summed E-state index contributed by atoms with van der Waals surface area (Å²) in [4.78, 5) is 129. The number of phenols is 1. The van der Waals surface area contributed by atoms with Crippen LogP contribution in [0.3, 0.4) is 0 Å². The lowest BCUT2D eigenvalue weighted by atomic mass is 9.77. The molecule has 8 heterocycles. The van der Waals surface area contributed by atoms with Crippen LogP contribution in [0.5, 0.6) is 17.2 Å². The van der Waals surface area contributed by atoms with Crippen LogP contribution in [-0.4, -0.2) is 162 Å². The highest BCUT2D eigenvalue weighted by Crippen LogP contribution is 2.47. The van der Waals surface area contributed by atoms with Crippen LogP contribution in [0.2, 0.25) is 0 Å². The van der Waals surface area contributed by atoms with Gasteiger partial charge in [0.2, 0.25) is 22.2 Å². The number of hydrogen-bond acceptors (Lipinski definition) is 25. The number of aliphatic carboxylic acids is 1. The summed E-state index contributed by atoms with van der Waals surface area (Å²) in [6.07, 6.45) is 4.39. The van der Waals surface area contributed by atoms with Crippen molar-refractivity contribution < 1.29 is 115 Å². The molecule has 6 aliphatic heterocycles. The van der Waals surface area contributed by atoms with Crippen molar-refractivity contribution in [3.8, 4) is 28.4 Å². The number of allylic oxidation sites excluding steroid dienone is 2. The van der Waals surface area contributed by atoms with Gasteiger partial charge in [-0.3, -0.25) is 38.4 Å². The van der Waals surface area contributed by atoms with Gasteiger partial charge in [0.15, 0.2) is 34.5 Å². The second-order valence-electron chi connectivity index (χ2n) is 33.2. The van der Waals surface area contributed by atoms with Crippen LogP contribution in [0.1, 0.15) is 186 Å². The summed E-state index contributed by atoms with van der Waals surface area (Å²) < 4.78 is 91.2. The number of aromatic carboxylic acids is 1. The first-order valence-corrected chi connectivity index (χ1v) is 40.5. The number of aromatic nitrogens is 2. The van der Waals surface area contributed by atoms with Crippen molar-refractivity contribution in [2.45, 2.75) is 240 Å². The number of hydrogen-bond donors (Lipinski definition) is 8. The third kappa shape index (κ3) is 17.4. The number of ether oxygens (including phenoxy) is 9. The molecule has 1 saturated carbocycles. The molecule has 0 radical (unpaired) electrons. The Balaban J connectivity index is 0.757. The van der Waals surface area contributed by atoms with E-state index in [2.05, 4.69) is 10.6 Å². The summed E-state index contributed by atoms with van der Waals surface area (Å²) in [5.41, 5.74) is -3.39. The summed E-state index contributed by atoms with van der Waals surface area (Å²) in [5, 5.41) is 74.4. The topological polar surface area (TPSA) is 416 Å². The SMILES string of the molecule is CC(=O)O[C@H]1[C@H](C)[C@H](O)[C@H](C)[C@@H](O)[C@@H](C(C)OC(=O)C(C)(C)CC(=O)O)/C=C/C=C(/C)C(=O)Nc2c(=O)c3c(O)c(C)c4c(c3c3nc5c(=O)cc(NCCCCCCCCC(=O)N6Cc7cc(-c8ccc9c(=O)c(C(=O)O)cn(C%10CC%10)c9c8OC(F)F)ccc7[C@H]6C)cc5oc23)=C(O)[C@@](C)(O/C=C/[C@H](O[C@H]2C[C@@H]3OCO[C@@H]3[C@@H](C)O2)[C@H]1C)O4. The third-order valence-electron chi connectivity index (χ3n) is 24.1. The van der Waals surface area contributed by atoms with Gasteiger partial charge in [0.05, 0.1) is 76.2 Å². The Morgan fingerprint density at radius 2 is 1.58 bits per heavy atom. The number of phenolic OH excluding ortho intramolecular Hbond substituents is 1. The number of carbonyl (C=O) groups is 6. The molecule has 2 saturated heterocycles. The number of rotatable bonds is 23. The molecule has 2 aromatic heterocycles. The minimum atomic E-state index is -3.26. The summed E-state index contributed by atoms with van der Waals surface area (Å²) in [7, 11) is 0. The molecule has 2 amide bonds. The average molecular weight is 1670 g/mol. The molecule has 7 aromatic rings. The van der Waals surface area contributed by atoms with Gasteiger partial charge in [-0.2, -0.15) is 8.78 Å². The zero-order chi connectivity index (χ0) is 86.6. The molecule has 642 valence electrons. The molecule has 14 rings (SSSR count). The Hall–Kier alpha value is -10.9. The number of aromatic hydroxyl groups is 1. The summed E-state index contributed by atoms with van der Waals surface area (Å²) in [6, 6.07) is 10.7. The first-order chi connectivity index (χ1) is 56.9. The number of nitrogens with one attached hydrogen (secondary N) is 2. The van der Waals surface area contributed by atoms with E-state index in [0.717, 1.165) is 43.1 Å². The van der Waals surface area contributed by atoms with Crippen molar-refractivity contribution in [1.29, 1.82) is 0 Å². The number of carboxylic acids is 2. The number of aliphatic hydroxyl groups excluding tert-OH is 3. The fraction of sp³-hybridized carbons (Fsp3) is 0.500. The molecule has 5 aromatic carbocycles. The van der Waals surface area contributed by atoms with E-state index in [-0.39, 0.29) is 110 Å². The maximum Gasteiger partial charge on any atom is 0.387 e. The first kappa shape index (κ1) is 86.9. The van der Waals surface area contributed by atoms with Crippen LogP contribution in [0, 0.1) is 36.0 Å². The molecule has 5 bridgehead atoms. The lowest BCUT2D eigenvalue weighted by Gasteiger charge is -2.41. The van der Waals surface area contributed by atoms with Crippen LogP contribution >= 0.6 is 0 Å². The van der Waals surface area contributed by atoms with Crippen LogP contribution < -0.4 is 41.6 Å². The lowest BCUT2D eigenvalue weighted by Crippen LogP contribution is -2.50. The van der Waals surface area contributed by atoms with Crippen molar-refractivity contribution in [3.63, 3.8) is 0 Å². The molecule has 120 heavy (non-hydrogen) atoms. The van der Waals surface area contributed by atoms with Crippen molar-refractivity contribution >= 4 is 96.7 Å². The largest absolute Gasteiger partial charge is 0.507 e. The van der Waals surface area contributed by atoms with E-state index >= 15 is 4.79 Å². The number of fused-ring (bicyclic) bond motifs is 17. The van der Waals surface area contributed by atoms with Gasteiger partial charge < -0.3 is 97.8 Å². The molecule has 30 nitrogen and oxygen atoms in total. The van der Waals surface area contributed by atoms with E-state index < -0.39 is 183 Å². The Kier molecular flexibility index (Phi) is 25.4. The molecule has 3 fully saturated rings. The van der Waals surface area contributed by atoms with Crippen LogP contribution in [0.25, 0.3) is 60.8 Å². The quantitative estimate of drug-likeness (QED) is 0.0128. The van der Waals surface area contributed by atoms with Crippen LogP contribution in [0.4, 0.5) is 20.2 Å². The van der Waals surface area contributed by atoms with E-state index in [0.29, 0.717) is 43.5 Å². The fourth-order valence-corrected chi connectivity index (χ4v) is 17.1. The molecule has 7 aliphatic rings. The van der Waals surface area contributed by atoms with Crippen LogP contribution in [-0.2, 0) is 63.7 Å². The number of pyridine rings is 1. The first-order valence-electron chi connectivity index (χ1n) is 40.5. The molecule has 1 aliphatic carbocycles. The van der Waals surface area contributed by atoms with Crippen molar-refractivity contribution in [2.75, 3.05) is 24.0 Å². The van der Waals surface area contributed by atoms with Gasteiger partial charge in [-0.1, -0.05) is 76.8 Å². The highest BCUT2D eigenvalue weighted by atomic mass is 19.3. The number of aliphatic hydroxyl groups is 3. The minimum Gasteiger partial charge on any atom is -0.507 e. The van der Waals surface area contributed by atoms with Crippen molar-refractivity contribution in [1.82, 2.24) is 14.5 Å². The predicted octanol–water partition coefficient (Wildman–Crippen LogP) is 12.1. The second-order valence-corrected chi connectivity index (χ2v) is 33.2. The Morgan fingerprint density at radius 1 is 0.858 bits per heavy atom. The van der Waals surface area contributed by atoms with Crippen molar-refractivity contribution in [2.24, 2.45) is 29.1 Å². The molecule has 15 atom stereocenters. The number of nitrogens with zero attached hydrogens (tertiary/aromatic N) is 3. The van der Waals surface area contributed by atoms with Gasteiger partial charge in [0.25, 0.3) is 5.91 Å². The molecular weight excluding hydrogens is 1560 g/mol. The number of carboxylic acid groups (broad SMARTS) is 2. The van der Waals surface area contributed by atoms with Gasteiger partial charge in [0.1, 0.15) is 53.4 Å².